The maximum absolute atomic E-state index is 11.4. The zero-order valence-corrected chi connectivity index (χ0v) is 7.90. The van der Waals surface area contributed by atoms with Crippen molar-refractivity contribution >= 4 is 11.0 Å². The van der Waals surface area contributed by atoms with E-state index in [1.807, 2.05) is 12.1 Å². The van der Waals surface area contributed by atoms with Crippen molar-refractivity contribution in [1.82, 2.24) is 0 Å². The van der Waals surface area contributed by atoms with Crippen LogP contribution in [0.5, 0.6) is 5.75 Å². The van der Waals surface area contributed by atoms with Crippen molar-refractivity contribution in [2.24, 2.45) is 0 Å². The van der Waals surface area contributed by atoms with Crippen LogP contribution >= 0.6 is 0 Å². The van der Waals surface area contributed by atoms with E-state index in [0.29, 0.717) is 5.58 Å². The minimum Gasteiger partial charge on any atom is -0.473 e. The fraction of sp³-hybridized carbons (Fsp3) is 0.0833. The first-order valence-corrected chi connectivity index (χ1v) is 4.40. The van der Waals surface area contributed by atoms with Crippen molar-refractivity contribution in [2.75, 3.05) is 6.61 Å². The summed E-state index contributed by atoms with van der Waals surface area (Å²) < 4.78 is 10.1. The first-order valence-electron chi connectivity index (χ1n) is 4.40. The number of para-hydroxylation sites is 1. The van der Waals surface area contributed by atoms with Crippen LogP contribution in [-0.4, -0.2) is 6.61 Å². The molecule has 0 radical (unpaired) electrons. The van der Waals surface area contributed by atoms with Crippen LogP contribution in [0.3, 0.4) is 0 Å². The molecule has 3 nitrogen and oxygen atoms in total. The zero-order chi connectivity index (χ0) is 10.7. The van der Waals surface area contributed by atoms with E-state index >= 15 is 0 Å². The van der Waals surface area contributed by atoms with Gasteiger partial charge in [-0.15, -0.1) is 6.42 Å². The summed E-state index contributed by atoms with van der Waals surface area (Å²) >= 11 is 0. The van der Waals surface area contributed by atoms with Gasteiger partial charge in [0.15, 0.2) is 0 Å². The Labute approximate surface area is 86.3 Å². The highest BCUT2D eigenvalue weighted by molar-refractivity contribution is 5.77. The average Bonchev–Trinajstić information content (AvgIpc) is 2.26. The minimum atomic E-state index is -0.510. The Balaban J connectivity index is 2.53. The SMILES string of the molecule is C#CCOc1cc2ccccc2oc1=O. The second-order valence-electron chi connectivity index (χ2n) is 2.93. The normalized spacial score (nSPS) is 9.80. The smallest absolute Gasteiger partial charge is 0.379 e. The molecular formula is C12H8O3. The third-order valence-electron chi connectivity index (χ3n) is 1.92. The van der Waals surface area contributed by atoms with Gasteiger partial charge in [0.05, 0.1) is 0 Å². The van der Waals surface area contributed by atoms with Crippen molar-refractivity contribution < 1.29 is 9.15 Å². The molecule has 1 heterocycles. The Morgan fingerprint density at radius 2 is 2.20 bits per heavy atom. The molecular weight excluding hydrogens is 192 g/mol. The van der Waals surface area contributed by atoms with E-state index in [-0.39, 0.29) is 12.4 Å². The van der Waals surface area contributed by atoms with Crippen molar-refractivity contribution in [3.8, 4) is 18.1 Å². The fourth-order valence-corrected chi connectivity index (χ4v) is 1.26. The van der Waals surface area contributed by atoms with Crippen LogP contribution < -0.4 is 10.4 Å². The van der Waals surface area contributed by atoms with E-state index < -0.39 is 5.63 Å². The molecule has 0 spiro atoms. The fourth-order valence-electron chi connectivity index (χ4n) is 1.26. The highest BCUT2D eigenvalue weighted by Crippen LogP contribution is 2.16. The van der Waals surface area contributed by atoms with E-state index in [2.05, 4.69) is 5.92 Å². The summed E-state index contributed by atoms with van der Waals surface area (Å²) in [7, 11) is 0. The number of hydrogen-bond acceptors (Lipinski definition) is 3. The Hall–Kier alpha value is -2.21. The van der Waals surface area contributed by atoms with Crippen molar-refractivity contribution in [3.63, 3.8) is 0 Å². The predicted octanol–water partition coefficient (Wildman–Crippen LogP) is 1.81. The van der Waals surface area contributed by atoms with E-state index in [1.165, 1.54) is 0 Å². The third kappa shape index (κ3) is 1.84. The summed E-state index contributed by atoms with van der Waals surface area (Å²) in [6, 6.07) is 8.84. The molecule has 0 unspecified atom stereocenters. The summed E-state index contributed by atoms with van der Waals surface area (Å²) in [6.07, 6.45) is 5.03. The highest BCUT2D eigenvalue weighted by atomic mass is 16.5. The molecule has 2 rings (SSSR count). The lowest BCUT2D eigenvalue weighted by atomic mass is 10.2. The minimum absolute atomic E-state index is 0.0586. The van der Waals surface area contributed by atoms with Gasteiger partial charge in [-0.3, -0.25) is 0 Å². The van der Waals surface area contributed by atoms with Gasteiger partial charge in [-0.2, -0.15) is 0 Å². The van der Waals surface area contributed by atoms with Crippen LogP contribution in [0.15, 0.2) is 39.5 Å². The first-order chi connectivity index (χ1) is 7.31. The van der Waals surface area contributed by atoms with Gasteiger partial charge in [-0.1, -0.05) is 24.1 Å². The summed E-state index contributed by atoms with van der Waals surface area (Å²) in [4.78, 5) is 11.4. The third-order valence-corrected chi connectivity index (χ3v) is 1.92. The van der Waals surface area contributed by atoms with Gasteiger partial charge >= 0.3 is 5.63 Å². The standard InChI is InChI=1S/C12H8O3/c1-2-7-14-11-8-9-5-3-4-6-10(9)15-12(11)13/h1,3-6,8H,7H2. The number of terminal acetylenes is 1. The molecule has 0 saturated carbocycles. The molecule has 1 aromatic carbocycles. The van der Waals surface area contributed by atoms with Gasteiger partial charge < -0.3 is 9.15 Å². The van der Waals surface area contributed by atoms with Crippen molar-refractivity contribution in [1.29, 1.82) is 0 Å². The van der Waals surface area contributed by atoms with Gasteiger partial charge in [-0.05, 0) is 12.1 Å². The number of benzene rings is 1. The Morgan fingerprint density at radius 3 is 3.00 bits per heavy atom. The number of rotatable bonds is 2. The molecule has 0 atom stereocenters. The topological polar surface area (TPSA) is 39.4 Å². The van der Waals surface area contributed by atoms with E-state index in [0.717, 1.165) is 5.39 Å². The molecule has 15 heavy (non-hydrogen) atoms. The van der Waals surface area contributed by atoms with Gasteiger partial charge in [0.2, 0.25) is 5.75 Å². The van der Waals surface area contributed by atoms with E-state index in [1.54, 1.807) is 18.2 Å². The Morgan fingerprint density at radius 1 is 1.40 bits per heavy atom. The van der Waals surface area contributed by atoms with Crippen LogP contribution in [0.2, 0.25) is 0 Å². The zero-order valence-electron chi connectivity index (χ0n) is 7.90. The summed E-state index contributed by atoms with van der Waals surface area (Å²) in [5.74, 6) is 2.43. The second kappa shape index (κ2) is 3.89. The lowest BCUT2D eigenvalue weighted by molar-refractivity contribution is 0.348. The van der Waals surface area contributed by atoms with Crippen molar-refractivity contribution in [3.05, 3.63) is 40.8 Å². The summed E-state index contributed by atoms with van der Waals surface area (Å²) in [5.41, 5.74) is 0.0273. The average molecular weight is 200 g/mol. The number of hydrogen-bond donors (Lipinski definition) is 0. The lowest BCUT2D eigenvalue weighted by Gasteiger charge is -2.01. The number of fused-ring (bicyclic) bond motifs is 1. The molecule has 2 aromatic rings. The second-order valence-corrected chi connectivity index (χ2v) is 2.93. The quantitative estimate of drug-likeness (QED) is 0.548. The molecule has 74 valence electrons. The Bertz CT molecular complexity index is 575. The first kappa shape index (κ1) is 9.35. The van der Waals surface area contributed by atoms with E-state index in [4.69, 9.17) is 15.6 Å². The van der Waals surface area contributed by atoms with E-state index in [9.17, 15) is 4.79 Å². The molecule has 0 bridgehead atoms. The molecule has 0 fully saturated rings. The van der Waals surface area contributed by atoms with Crippen LogP contribution in [0.1, 0.15) is 0 Å². The lowest BCUT2D eigenvalue weighted by Crippen LogP contribution is -2.06. The van der Waals surface area contributed by atoms with Crippen LogP contribution in [0.4, 0.5) is 0 Å². The van der Waals surface area contributed by atoms with Crippen LogP contribution in [-0.2, 0) is 0 Å². The van der Waals surface area contributed by atoms with Gasteiger partial charge in [0, 0.05) is 5.39 Å². The molecule has 0 aliphatic carbocycles. The van der Waals surface area contributed by atoms with Gasteiger partial charge in [0.25, 0.3) is 0 Å². The summed E-state index contributed by atoms with van der Waals surface area (Å²) in [6.45, 7) is 0.0586. The summed E-state index contributed by atoms with van der Waals surface area (Å²) in [5, 5.41) is 0.809. The molecule has 0 saturated heterocycles. The van der Waals surface area contributed by atoms with Gasteiger partial charge in [0.1, 0.15) is 12.2 Å². The predicted molar refractivity (Wildman–Crippen MR) is 56.8 cm³/mol. The highest BCUT2D eigenvalue weighted by Gasteiger charge is 2.04. The van der Waals surface area contributed by atoms with Gasteiger partial charge in [-0.25, -0.2) is 4.79 Å². The number of ether oxygens (including phenoxy) is 1. The molecule has 0 aliphatic rings. The molecule has 1 aromatic heterocycles. The maximum atomic E-state index is 11.4. The molecule has 0 amide bonds. The Kier molecular flexibility index (Phi) is 2.42. The maximum Gasteiger partial charge on any atom is 0.379 e. The van der Waals surface area contributed by atoms with Crippen LogP contribution in [0, 0.1) is 12.3 Å². The van der Waals surface area contributed by atoms with Crippen LogP contribution in [0.25, 0.3) is 11.0 Å². The monoisotopic (exact) mass is 200 g/mol. The largest absolute Gasteiger partial charge is 0.473 e. The molecule has 0 N–H and O–H groups in total. The molecule has 3 heteroatoms. The van der Waals surface area contributed by atoms with Crippen molar-refractivity contribution in [2.45, 2.75) is 0 Å². The molecule has 0 aliphatic heterocycles.